The molecule has 112 valence electrons. The van der Waals surface area contributed by atoms with Crippen molar-refractivity contribution in [1.82, 2.24) is 10.6 Å². The van der Waals surface area contributed by atoms with Gasteiger partial charge in [0.05, 0.1) is 5.56 Å². The van der Waals surface area contributed by atoms with E-state index in [1.165, 1.54) is 12.1 Å². The highest BCUT2D eigenvalue weighted by Gasteiger charge is 2.27. The zero-order valence-electron chi connectivity index (χ0n) is 11.3. The molecule has 1 aromatic rings. The lowest BCUT2D eigenvalue weighted by atomic mass is 9.81. The van der Waals surface area contributed by atoms with Crippen molar-refractivity contribution in [2.45, 2.75) is 19.8 Å². The van der Waals surface area contributed by atoms with Gasteiger partial charge in [-0.25, -0.2) is 4.39 Å². The maximum absolute atomic E-state index is 13.2. The fraction of sp³-hybridized carbons (Fsp3) is 0.500. The summed E-state index contributed by atoms with van der Waals surface area (Å²) >= 11 is 3.27. The van der Waals surface area contributed by atoms with Gasteiger partial charge < -0.3 is 10.6 Å². The summed E-state index contributed by atoms with van der Waals surface area (Å²) in [6.45, 7) is 4.76. The van der Waals surface area contributed by atoms with E-state index >= 15 is 0 Å². The van der Waals surface area contributed by atoms with Crippen LogP contribution in [0, 0.1) is 11.2 Å². The Bertz CT molecular complexity index is 478. The molecule has 2 N–H and O–H groups in total. The second-order valence-electron chi connectivity index (χ2n) is 5.37. The lowest BCUT2D eigenvalue weighted by Gasteiger charge is -2.34. The predicted octanol–water partition coefficient (Wildman–Crippen LogP) is 3.13. The average Bonchev–Trinajstić information content (AvgIpc) is 2.40. The minimum Gasteiger partial charge on any atom is -0.351 e. The molecule has 1 aliphatic rings. The second kappa shape index (κ2) is 7.38. The highest BCUT2D eigenvalue weighted by molar-refractivity contribution is 9.10. The van der Waals surface area contributed by atoms with Gasteiger partial charge in [0.1, 0.15) is 5.82 Å². The van der Waals surface area contributed by atoms with Gasteiger partial charge in [-0.05, 0) is 65.5 Å². The number of piperidine rings is 1. The molecule has 0 bridgehead atoms. The Labute approximate surface area is 133 Å². The highest BCUT2D eigenvalue weighted by Crippen LogP contribution is 2.27. The largest absolute Gasteiger partial charge is 0.351 e. The molecular formula is C14H19BrClFN2O. The first kappa shape index (κ1) is 17.4. The second-order valence-corrected chi connectivity index (χ2v) is 6.22. The van der Waals surface area contributed by atoms with Crippen molar-refractivity contribution in [3.05, 3.63) is 34.1 Å². The number of hydrogen-bond acceptors (Lipinski definition) is 2. The van der Waals surface area contributed by atoms with E-state index in [0.717, 1.165) is 25.9 Å². The van der Waals surface area contributed by atoms with Crippen molar-refractivity contribution < 1.29 is 9.18 Å². The molecule has 0 atom stereocenters. The van der Waals surface area contributed by atoms with Gasteiger partial charge in [0.15, 0.2) is 0 Å². The number of hydrogen-bond donors (Lipinski definition) is 2. The monoisotopic (exact) mass is 364 g/mol. The topological polar surface area (TPSA) is 41.1 Å². The van der Waals surface area contributed by atoms with Crippen LogP contribution in [0.5, 0.6) is 0 Å². The van der Waals surface area contributed by atoms with Crippen LogP contribution >= 0.6 is 28.3 Å². The van der Waals surface area contributed by atoms with Crippen molar-refractivity contribution in [1.29, 1.82) is 0 Å². The Morgan fingerprint density at radius 1 is 1.45 bits per heavy atom. The zero-order valence-corrected chi connectivity index (χ0v) is 13.7. The van der Waals surface area contributed by atoms with Crippen LogP contribution in [0.3, 0.4) is 0 Å². The molecule has 1 aliphatic heterocycles. The fourth-order valence-electron chi connectivity index (χ4n) is 2.27. The molecule has 1 aromatic carbocycles. The van der Waals surface area contributed by atoms with Crippen molar-refractivity contribution in [3.63, 3.8) is 0 Å². The summed E-state index contributed by atoms with van der Waals surface area (Å²) in [6.07, 6.45) is 2.08. The van der Waals surface area contributed by atoms with E-state index in [1.54, 1.807) is 6.07 Å². The van der Waals surface area contributed by atoms with E-state index in [-0.39, 0.29) is 23.7 Å². The summed E-state index contributed by atoms with van der Waals surface area (Å²) in [5, 5.41) is 6.22. The van der Waals surface area contributed by atoms with E-state index in [4.69, 9.17) is 0 Å². The van der Waals surface area contributed by atoms with E-state index < -0.39 is 5.82 Å². The molecule has 2 rings (SSSR count). The Hall–Kier alpha value is -0.650. The molecule has 0 unspecified atom stereocenters. The van der Waals surface area contributed by atoms with Gasteiger partial charge in [0.25, 0.3) is 5.91 Å². The van der Waals surface area contributed by atoms with E-state index in [9.17, 15) is 9.18 Å². The standard InChI is InChI=1S/C14H18BrFN2O.ClH/c1-14(4-6-17-7-5-14)9-18-13(19)11-8-10(16)2-3-12(11)15;/h2-3,8,17H,4-7,9H2,1H3,(H,18,19);1H. The summed E-state index contributed by atoms with van der Waals surface area (Å²) < 4.78 is 13.8. The van der Waals surface area contributed by atoms with E-state index in [2.05, 4.69) is 33.5 Å². The van der Waals surface area contributed by atoms with Crippen LogP contribution in [0.15, 0.2) is 22.7 Å². The molecule has 0 aliphatic carbocycles. The molecule has 0 aromatic heterocycles. The SMILES string of the molecule is CC1(CNC(=O)c2cc(F)ccc2Br)CCNCC1.Cl. The molecule has 0 radical (unpaired) electrons. The Morgan fingerprint density at radius 3 is 2.75 bits per heavy atom. The van der Waals surface area contributed by atoms with Gasteiger partial charge in [0.2, 0.25) is 0 Å². The van der Waals surface area contributed by atoms with Gasteiger partial charge in [-0.2, -0.15) is 0 Å². The lowest BCUT2D eigenvalue weighted by molar-refractivity contribution is 0.0921. The summed E-state index contributed by atoms with van der Waals surface area (Å²) in [6, 6.07) is 4.13. The van der Waals surface area contributed by atoms with Crippen LogP contribution in [0.2, 0.25) is 0 Å². The third-order valence-electron chi connectivity index (χ3n) is 3.66. The molecule has 6 heteroatoms. The van der Waals surface area contributed by atoms with Gasteiger partial charge >= 0.3 is 0 Å². The van der Waals surface area contributed by atoms with Crippen LogP contribution < -0.4 is 10.6 Å². The number of halogens is 3. The maximum atomic E-state index is 13.2. The van der Waals surface area contributed by atoms with Crippen LogP contribution in [0.1, 0.15) is 30.1 Å². The number of carbonyl (C=O) groups excluding carboxylic acids is 1. The number of amides is 1. The third-order valence-corrected chi connectivity index (χ3v) is 4.35. The van der Waals surface area contributed by atoms with Crippen molar-refractivity contribution in [2.24, 2.45) is 5.41 Å². The molecule has 0 saturated carbocycles. The zero-order chi connectivity index (χ0) is 13.9. The Morgan fingerprint density at radius 2 is 2.10 bits per heavy atom. The molecule has 3 nitrogen and oxygen atoms in total. The van der Waals surface area contributed by atoms with Crippen LogP contribution in [0.4, 0.5) is 4.39 Å². The molecule has 20 heavy (non-hydrogen) atoms. The molecule has 1 amide bonds. The molecule has 1 heterocycles. The number of carbonyl (C=O) groups is 1. The van der Waals surface area contributed by atoms with Crippen molar-refractivity contribution in [3.8, 4) is 0 Å². The highest BCUT2D eigenvalue weighted by atomic mass is 79.9. The van der Waals surface area contributed by atoms with E-state index in [1.807, 2.05) is 0 Å². The third kappa shape index (κ3) is 4.43. The molecule has 1 saturated heterocycles. The van der Waals surface area contributed by atoms with Gasteiger partial charge in [0, 0.05) is 11.0 Å². The fourth-order valence-corrected chi connectivity index (χ4v) is 2.69. The minimum atomic E-state index is -0.401. The van der Waals surface area contributed by atoms with Crippen molar-refractivity contribution >= 4 is 34.2 Å². The summed E-state index contributed by atoms with van der Waals surface area (Å²) in [5.41, 5.74) is 0.471. The molecular weight excluding hydrogens is 347 g/mol. The smallest absolute Gasteiger partial charge is 0.252 e. The summed E-state index contributed by atoms with van der Waals surface area (Å²) in [5.74, 6) is -0.632. The predicted molar refractivity (Wildman–Crippen MR) is 83.9 cm³/mol. The van der Waals surface area contributed by atoms with Crippen LogP contribution in [-0.2, 0) is 0 Å². The van der Waals surface area contributed by atoms with Crippen LogP contribution in [0.25, 0.3) is 0 Å². The summed E-state index contributed by atoms with van der Waals surface area (Å²) in [4.78, 5) is 12.1. The minimum absolute atomic E-state index is 0. The average molecular weight is 366 g/mol. The number of rotatable bonds is 3. The van der Waals surface area contributed by atoms with Gasteiger partial charge in [-0.1, -0.05) is 6.92 Å². The normalized spacial score (nSPS) is 17.1. The van der Waals surface area contributed by atoms with E-state index in [0.29, 0.717) is 16.6 Å². The first-order valence-corrected chi connectivity index (χ1v) is 7.23. The first-order chi connectivity index (χ1) is 9.00. The number of nitrogens with one attached hydrogen (secondary N) is 2. The quantitative estimate of drug-likeness (QED) is 0.864. The molecule has 0 spiro atoms. The molecule has 1 fully saturated rings. The first-order valence-electron chi connectivity index (χ1n) is 6.44. The summed E-state index contributed by atoms with van der Waals surface area (Å²) in [7, 11) is 0. The lowest BCUT2D eigenvalue weighted by Crippen LogP contribution is -2.43. The Kier molecular flexibility index (Phi) is 6.43. The van der Waals surface area contributed by atoms with Gasteiger partial charge in [-0.3, -0.25) is 4.79 Å². The maximum Gasteiger partial charge on any atom is 0.252 e. The van der Waals surface area contributed by atoms with Crippen LogP contribution in [-0.4, -0.2) is 25.5 Å². The number of benzene rings is 1. The van der Waals surface area contributed by atoms with Crippen molar-refractivity contribution in [2.75, 3.05) is 19.6 Å². The Balaban J connectivity index is 0.00000200. The van der Waals surface area contributed by atoms with Gasteiger partial charge in [-0.15, -0.1) is 12.4 Å².